The summed E-state index contributed by atoms with van der Waals surface area (Å²) in [4.78, 5) is 12.0. The zero-order valence-electron chi connectivity index (χ0n) is 12.6. The lowest BCUT2D eigenvalue weighted by Gasteiger charge is -2.12. The van der Waals surface area contributed by atoms with Gasteiger partial charge >= 0.3 is 0 Å². The molecule has 0 aromatic heterocycles. The molecular weight excluding hydrogens is 260 g/mol. The molecule has 0 saturated heterocycles. The third-order valence-electron chi connectivity index (χ3n) is 4.60. The van der Waals surface area contributed by atoms with Crippen LogP contribution in [0.1, 0.15) is 48.5 Å². The molecular formula is C18H22N2O. The van der Waals surface area contributed by atoms with Gasteiger partial charge in [0.1, 0.15) is 0 Å². The van der Waals surface area contributed by atoms with E-state index in [1.165, 1.54) is 18.4 Å². The quantitative estimate of drug-likeness (QED) is 0.510. The number of rotatable bonds is 4. The highest BCUT2D eigenvalue weighted by Gasteiger charge is 2.34. The predicted octanol–water partition coefficient (Wildman–Crippen LogP) is 3.74. The highest BCUT2D eigenvalue weighted by molar-refractivity contribution is 5.94. The zero-order chi connectivity index (χ0) is 14.8. The molecule has 2 aliphatic carbocycles. The average molecular weight is 282 g/mol. The van der Waals surface area contributed by atoms with Gasteiger partial charge < -0.3 is 0 Å². The van der Waals surface area contributed by atoms with Gasteiger partial charge in [-0.25, -0.2) is 5.43 Å². The van der Waals surface area contributed by atoms with E-state index < -0.39 is 0 Å². The maximum absolute atomic E-state index is 12.0. The normalized spacial score (nSPS) is 26.9. The van der Waals surface area contributed by atoms with Crippen molar-refractivity contribution < 1.29 is 4.79 Å². The summed E-state index contributed by atoms with van der Waals surface area (Å²) in [7, 11) is 0. The first-order valence-electron chi connectivity index (χ1n) is 7.75. The molecule has 0 heterocycles. The minimum Gasteiger partial charge on any atom is -0.267 e. The average Bonchev–Trinajstić information content (AvgIpc) is 3.10. The highest BCUT2D eigenvalue weighted by Crippen LogP contribution is 2.42. The van der Waals surface area contributed by atoms with E-state index in [1.54, 1.807) is 0 Å². The molecule has 0 spiro atoms. The van der Waals surface area contributed by atoms with E-state index in [0.29, 0.717) is 23.3 Å². The van der Waals surface area contributed by atoms with Crippen LogP contribution in [0.15, 0.2) is 41.5 Å². The minimum absolute atomic E-state index is 0.139. The summed E-state index contributed by atoms with van der Waals surface area (Å²) in [5.41, 5.74) is 4.54. The Hall–Kier alpha value is -1.90. The van der Waals surface area contributed by atoms with Gasteiger partial charge in [-0.3, -0.25) is 4.79 Å². The van der Waals surface area contributed by atoms with Gasteiger partial charge in [0, 0.05) is 17.7 Å². The molecule has 3 atom stereocenters. The van der Waals surface area contributed by atoms with Gasteiger partial charge in [0.25, 0.3) is 5.91 Å². The Morgan fingerprint density at radius 1 is 1.24 bits per heavy atom. The Kier molecular flexibility index (Phi) is 3.91. The highest BCUT2D eigenvalue weighted by atomic mass is 16.2. The molecule has 110 valence electrons. The fourth-order valence-corrected chi connectivity index (χ4v) is 3.27. The summed E-state index contributed by atoms with van der Waals surface area (Å²) in [6, 6.07) is 7.73. The van der Waals surface area contributed by atoms with Crippen LogP contribution in [0.25, 0.3) is 0 Å². The van der Waals surface area contributed by atoms with Crippen LogP contribution in [0.2, 0.25) is 0 Å². The van der Waals surface area contributed by atoms with Crippen LogP contribution in [-0.2, 0) is 0 Å². The molecule has 1 fully saturated rings. The topological polar surface area (TPSA) is 41.5 Å². The number of allylic oxidation sites excluding steroid dienone is 2. The van der Waals surface area contributed by atoms with Gasteiger partial charge in [0.15, 0.2) is 0 Å². The van der Waals surface area contributed by atoms with Crippen LogP contribution in [0, 0.1) is 17.8 Å². The number of hydrogen-bond acceptors (Lipinski definition) is 2. The second-order valence-electron chi connectivity index (χ2n) is 6.44. The molecule has 1 aromatic rings. The number of nitrogens with one attached hydrogen (secondary N) is 1. The molecule has 3 nitrogen and oxygen atoms in total. The minimum atomic E-state index is -0.139. The van der Waals surface area contributed by atoms with E-state index in [0.717, 1.165) is 5.92 Å². The number of hydrogen-bond donors (Lipinski definition) is 1. The van der Waals surface area contributed by atoms with Crippen molar-refractivity contribution in [1.82, 2.24) is 5.43 Å². The van der Waals surface area contributed by atoms with Crippen molar-refractivity contribution in [2.24, 2.45) is 22.9 Å². The van der Waals surface area contributed by atoms with Crippen molar-refractivity contribution >= 4 is 12.1 Å². The van der Waals surface area contributed by atoms with Crippen molar-refractivity contribution in [3.8, 4) is 0 Å². The van der Waals surface area contributed by atoms with E-state index in [1.807, 2.05) is 30.5 Å². The van der Waals surface area contributed by atoms with Crippen LogP contribution in [0.3, 0.4) is 0 Å². The SMILES string of the molecule is CC(C)c1ccc(C(=O)N/N=C\[C@H]2C[C@@H]3C=C[C@H]2C3)cc1. The first-order valence-corrected chi connectivity index (χ1v) is 7.75. The molecule has 0 radical (unpaired) electrons. The largest absolute Gasteiger partial charge is 0.271 e. The van der Waals surface area contributed by atoms with Crippen molar-refractivity contribution in [3.63, 3.8) is 0 Å². The van der Waals surface area contributed by atoms with Gasteiger partial charge in [-0.1, -0.05) is 38.1 Å². The standard InChI is InChI=1S/C18H22N2O/c1-12(2)14-5-7-15(8-6-14)18(21)20-19-11-17-10-13-3-4-16(17)9-13/h3-8,11-13,16-17H,9-10H2,1-2H3,(H,20,21)/b19-11-/t13-,16+,17-/m1/s1. The lowest BCUT2D eigenvalue weighted by molar-refractivity contribution is 0.0955. The number of amides is 1. The molecule has 3 rings (SSSR count). The summed E-state index contributed by atoms with van der Waals surface area (Å²) in [6.45, 7) is 4.28. The smallest absolute Gasteiger partial charge is 0.267 e. The maximum Gasteiger partial charge on any atom is 0.271 e. The van der Waals surface area contributed by atoms with Gasteiger partial charge in [0.2, 0.25) is 0 Å². The van der Waals surface area contributed by atoms with Gasteiger partial charge in [-0.15, -0.1) is 0 Å². The predicted molar refractivity (Wildman–Crippen MR) is 85.3 cm³/mol. The fraction of sp³-hybridized carbons (Fsp3) is 0.444. The summed E-state index contributed by atoms with van der Waals surface area (Å²) >= 11 is 0. The number of carbonyl (C=O) groups excluding carboxylic acids is 1. The lowest BCUT2D eigenvalue weighted by atomic mass is 9.95. The van der Waals surface area contributed by atoms with Crippen molar-refractivity contribution in [1.29, 1.82) is 0 Å². The number of fused-ring (bicyclic) bond motifs is 2. The summed E-state index contributed by atoms with van der Waals surface area (Å²) in [5, 5.41) is 4.15. The maximum atomic E-state index is 12.0. The molecule has 2 bridgehead atoms. The van der Waals surface area contributed by atoms with Gasteiger partial charge in [-0.2, -0.15) is 5.10 Å². The third kappa shape index (κ3) is 3.07. The van der Waals surface area contributed by atoms with E-state index in [9.17, 15) is 4.79 Å². The first kappa shape index (κ1) is 14.1. The Balaban J connectivity index is 1.55. The Morgan fingerprint density at radius 3 is 2.57 bits per heavy atom. The molecule has 1 aromatic carbocycles. The summed E-state index contributed by atoms with van der Waals surface area (Å²) in [6.07, 6.45) is 8.93. The number of benzene rings is 1. The summed E-state index contributed by atoms with van der Waals surface area (Å²) < 4.78 is 0. The lowest BCUT2D eigenvalue weighted by Crippen LogP contribution is -2.19. The molecule has 0 aliphatic heterocycles. The van der Waals surface area contributed by atoms with Crippen molar-refractivity contribution in [3.05, 3.63) is 47.5 Å². The molecule has 2 aliphatic rings. The summed E-state index contributed by atoms with van der Waals surface area (Å²) in [5.74, 6) is 2.18. The molecule has 21 heavy (non-hydrogen) atoms. The number of hydrazone groups is 1. The van der Waals surface area contributed by atoms with Gasteiger partial charge in [-0.05, 0) is 48.3 Å². The molecule has 1 N–H and O–H groups in total. The van der Waals surface area contributed by atoms with Crippen LogP contribution in [0.5, 0.6) is 0 Å². The zero-order valence-corrected chi connectivity index (χ0v) is 12.6. The monoisotopic (exact) mass is 282 g/mol. The van der Waals surface area contributed by atoms with E-state index in [2.05, 4.69) is 36.5 Å². The second-order valence-corrected chi connectivity index (χ2v) is 6.44. The Morgan fingerprint density at radius 2 is 2.00 bits per heavy atom. The van der Waals surface area contributed by atoms with Crippen LogP contribution < -0.4 is 5.43 Å². The number of carbonyl (C=O) groups is 1. The molecule has 3 heteroatoms. The fourth-order valence-electron chi connectivity index (χ4n) is 3.27. The Labute approximate surface area is 126 Å². The van der Waals surface area contributed by atoms with E-state index >= 15 is 0 Å². The number of nitrogens with zero attached hydrogens (tertiary/aromatic N) is 1. The first-order chi connectivity index (χ1) is 10.1. The van der Waals surface area contributed by atoms with Crippen LogP contribution in [0.4, 0.5) is 0 Å². The van der Waals surface area contributed by atoms with Crippen molar-refractivity contribution in [2.45, 2.75) is 32.6 Å². The van der Waals surface area contributed by atoms with Crippen LogP contribution in [-0.4, -0.2) is 12.1 Å². The Bertz CT molecular complexity index is 571. The molecule has 1 saturated carbocycles. The molecule has 1 amide bonds. The third-order valence-corrected chi connectivity index (χ3v) is 4.60. The van der Waals surface area contributed by atoms with Gasteiger partial charge in [0.05, 0.1) is 0 Å². The van der Waals surface area contributed by atoms with Crippen LogP contribution >= 0.6 is 0 Å². The second kappa shape index (κ2) is 5.84. The van der Waals surface area contributed by atoms with E-state index in [-0.39, 0.29) is 5.91 Å². The molecule has 0 unspecified atom stereocenters. The van der Waals surface area contributed by atoms with E-state index in [4.69, 9.17) is 0 Å². The van der Waals surface area contributed by atoms with Crippen molar-refractivity contribution in [2.75, 3.05) is 0 Å².